The largest absolute Gasteiger partial charge is 0.372 e. The average molecular weight is 333 g/mol. The van der Waals surface area contributed by atoms with Gasteiger partial charge in [-0.3, -0.25) is 9.59 Å². The Morgan fingerprint density at radius 3 is 2.33 bits per heavy atom. The quantitative estimate of drug-likeness (QED) is 0.705. The van der Waals surface area contributed by atoms with Crippen molar-refractivity contribution < 1.29 is 9.59 Å². The van der Waals surface area contributed by atoms with E-state index < -0.39 is 0 Å². The van der Waals surface area contributed by atoms with Crippen molar-refractivity contribution in [2.75, 3.05) is 36.9 Å². The lowest BCUT2D eigenvalue weighted by atomic mass is 10.1. The number of carbonyl (C=O) groups excluding carboxylic acids is 2. The van der Waals surface area contributed by atoms with Crippen LogP contribution in [0.15, 0.2) is 18.2 Å². The molecule has 0 heterocycles. The number of anilines is 2. The molecule has 1 aromatic rings. The third kappa shape index (κ3) is 5.87. The smallest absolute Gasteiger partial charge is 0.233 e. The Bertz CT molecular complexity index is 554. The molecule has 24 heavy (non-hydrogen) atoms. The summed E-state index contributed by atoms with van der Waals surface area (Å²) >= 11 is 0. The van der Waals surface area contributed by atoms with Gasteiger partial charge in [-0.25, -0.2) is 0 Å². The number of rotatable bonds is 9. The summed E-state index contributed by atoms with van der Waals surface area (Å²) in [5.41, 5.74) is 2.91. The molecule has 0 radical (unpaired) electrons. The molecule has 5 heteroatoms. The van der Waals surface area contributed by atoms with Crippen LogP contribution < -0.4 is 10.2 Å². The number of nitrogens with zero attached hydrogens (tertiary/aromatic N) is 2. The van der Waals surface area contributed by atoms with E-state index in [1.807, 2.05) is 19.1 Å². The van der Waals surface area contributed by atoms with E-state index in [4.69, 9.17) is 0 Å². The zero-order valence-electron chi connectivity index (χ0n) is 15.7. The van der Waals surface area contributed by atoms with Crippen molar-refractivity contribution in [1.29, 1.82) is 0 Å². The normalized spacial score (nSPS) is 10.4. The maximum atomic E-state index is 12.1. The van der Waals surface area contributed by atoms with Crippen LogP contribution in [0.4, 0.5) is 11.4 Å². The molecule has 0 fully saturated rings. The summed E-state index contributed by atoms with van der Waals surface area (Å²) in [4.78, 5) is 28.0. The molecule has 0 unspecified atom stereocenters. The van der Waals surface area contributed by atoms with E-state index in [2.05, 4.69) is 37.1 Å². The van der Waals surface area contributed by atoms with Crippen molar-refractivity contribution in [3.05, 3.63) is 23.8 Å². The van der Waals surface area contributed by atoms with Crippen molar-refractivity contribution in [2.45, 2.75) is 47.0 Å². The number of amides is 2. The fourth-order valence-electron chi connectivity index (χ4n) is 2.56. The van der Waals surface area contributed by atoms with Crippen LogP contribution in [0.25, 0.3) is 0 Å². The van der Waals surface area contributed by atoms with E-state index in [1.54, 1.807) is 11.9 Å². The molecule has 0 aliphatic carbocycles. The van der Waals surface area contributed by atoms with Gasteiger partial charge in [0.25, 0.3) is 0 Å². The number of nitrogens with one attached hydrogen (secondary N) is 1. The van der Waals surface area contributed by atoms with Crippen molar-refractivity contribution in [3.8, 4) is 0 Å². The number of hydrogen-bond donors (Lipinski definition) is 1. The first-order valence-corrected chi connectivity index (χ1v) is 8.82. The second-order valence-electron chi connectivity index (χ2n) is 6.07. The summed E-state index contributed by atoms with van der Waals surface area (Å²) in [5.74, 6) is -0.402. The molecule has 0 spiro atoms. The van der Waals surface area contributed by atoms with Gasteiger partial charge in [-0.1, -0.05) is 13.3 Å². The Morgan fingerprint density at radius 2 is 1.79 bits per heavy atom. The molecular formula is C19H31N3O2. The molecule has 0 saturated carbocycles. The summed E-state index contributed by atoms with van der Waals surface area (Å²) in [5, 5.41) is 2.85. The van der Waals surface area contributed by atoms with Crippen molar-refractivity contribution in [3.63, 3.8) is 0 Å². The van der Waals surface area contributed by atoms with Crippen molar-refractivity contribution >= 4 is 23.2 Å². The molecule has 1 N–H and O–H groups in total. The van der Waals surface area contributed by atoms with E-state index in [9.17, 15) is 9.59 Å². The summed E-state index contributed by atoms with van der Waals surface area (Å²) in [6.07, 6.45) is 1.87. The van der Waals surface area contributed by atoms with E-state index in [0.717, 1.165) is 42.9 Å². The van der Waals surface area contributed by atoms with Gasteiger partial charge in [0.05, 0.1) is 0 Å². The van der Waals surface area contributed by atoms with Crippen LogP contribution in [0.2, 0.25) is 0 Å². The zero-order valence-corrected chi connectivity index (χ0v) is 15.7. The summed E-state index contributed by atoms with van der Waals surface area (Å²) in [7, 11) is 1.75. The Labute approximate surface area is 146 Å². The van der Waals surface area contributed by atoms with Crippen molar-refractivity contribution in [2.24, 2.45) is 0 Å². The highest BCUT2D eigenvalue weighted by atomic mass is 16.2. The number of aryl methyl sites for hydroxylation is 1. The van der Waals surface area contributed by atoms with Gasteiger partial charge < -0.3 is 15.1 Å². The molecule has 0 bridgehead atoms. The van der Waals surface area contributed by atoms with Crippen LogP contribution in [0.1, 0.15) is 45.6 Å². The third-order valence-corrected chi connectivity index (χ3v) is 4.20. The predicted octanol–water partition coefficient (Wildman–Crippen LogP) is 3.43. The first kappa shape index (κ1) is 20.0. The molecule has 2 amide bonds. The Hall–Kier alpha value is -2.04. The molecule has 5 nitrogen and oxygen atoms in total. The van der Waals surface area contributed by atoms with Gasteiger partial charge in [-0.2, -0.15) is 0 Å². The molecule has 0 aliphatic heterocycles. The topological polar surface area (TPSA) is 52.7 Å². The number of unbranched alkanes of at least 4 members (excludes halogenated alkanes) is 1. The minimum absolute atomic E-state index is 0.114. The molecule has 0 atom stereocenters. The Balaban J connectivity index is 2.65. The second-order valence-corrected chi connectivity index (χ2v) is 6.07. The van der Waals surface area contributed by atoms with Gasteiger partial charge in [0.1, 0.15) is 6.42 Å². The molecule has 0 saturated heterocycles. The number of carbonyl (C=O) groups is 2. The summed E-state index contributed by atoms with van der Waals surface area (Å²) < 4.78 is 0. The van der Waals surface area contributed by atoms with E-state index >= 15 is 0 Å². The van der Waals surface area contributed by atoms with Gasteiger partial charge in [0, 0.05) is 38.1 Å². The minimum atomic E-state index is -0.262. The van der Waals surface area contributed by atoms with Crippen LogP contribution in [0, 0.1) is 6.92 Å². The fraction of sp³-hybridized carbons (Fsp3) is 0.579. The Kier molecular flexibility index (Phi) is 8.30. The molecule has 1 aromatic carbocycles. The van der Waals surface area contributed by atoms with Crippen LogP contribution in [-0.4, -0.2) is 43.4 Å². The average Bonchev–Trinajstić information content (AvgIpc) is 2.56. The molecule has 1 rings (SSSR count). The lowest BCUT2D eigenvalue weighted by Crippen LogP contribution is -2.31. The first-order chi connectivity index (χ1) is 11.4. The monoisotopic (exact) mass is 333 g/mol. The zero-order chi connectivity index (χ0) is 18.1. The van der Waals surface area contributed by atoms with Crippen LogP contribution in [-0.2, 0) is 9.59 Å². The van der Waals surface area contributed by atoms with Gasteiger partial charge in [-0.15, -0.1) is 0 Å². The fourth-order valence-corrected chi connectivity index (χ4v) is 2.56. The minimum Gasteiger partial charge on any atom is -0.372 e. The van der Waals surface area contributed by atoms with E-state index in [-0.39, 0.29) is 18.2 Å². The lowest BCUT2D eigenvalue weighted by Gasteiger charge is -2.22. The molecule has 0 aliphatic rings. The van der Waals surface area contributed by atoms with Gasteiger partial charge in [-0.05, 0) is 51.0 Å². The summed E-state index contributed by atoms with van der Waals surface area (Å²) in [6, 6.07) is 5.98. The number of benzene rings is 1. The molecule has 0 aromatic heterocycles. The predicted molar refractivity (Wildman–Crippen MR) is 101 cm³/mol. The van der Waals surface area contributed by atoms with Gasteiger partial charge in [0.15, 0.2) is 0 Å². The second kappa shape index (κ2) is 9.96. The maximum Gasteiger partial charge on any atom is 0.233 e. The van der Waals surface area contributed by atoms with Crippen LogP contribution >= 0.6 is 0 Å². The highest BCUT2D eigenvalue weighted by molar-refractivity contribution is 6.03. The van der Waals surface area contributed by atoms with E-state index in [0.29, 0.717) is 6.54 Å². The molecular weight excluding hydrogens is 302 g/mol. The highest BCUT2D eigenvalue weighted by Gasteiger charge is 2.14. The SMILES string of the molecule is CCCCN(C)C(=O)CC(=O)Nc1ccc(N(CC)CC)cc1C. The van der Waals surface area contributed by atoms with Crippen molar-refractivity contribution in [1.82, 2.24) is 4.90 Å². The standard InChI is InChI=1S/C19H31N3O2/c1-6-9-12-21(5)19(24)14-18(23)20-17-11-10-16(13-15(17)4)22(7-2)8-3/h10-11,13H,6-9,12,14H2,1-5H3,(H,20,23). The lowest BCUT2D eigenvalue weighted by molar-refractivity contribution is -0.133. The highest BCUT2D eigenvalue weighted by Crippen LogP contribution is 2.22. The Morgan fingerprint density at radius 1 is 1.12 bits per heavy atom. The van der Waals surface area contributed by atoms with Gasteiger partial charge in [0.2, 0.25) is 11.8 Å². The molecule has 134 valence electrons. The van der Waals surface area contributed by atoms with Gasteiger partial charge >= 0.3 is 0 Å². The number of hydrogen-bond acceptors (Lipinski definition) is 3. The third-order valence-electron chi connectivity index (χ3n) is 4.20. The maximum absolute atomic E-state index is 12.1. The van der Waals surface area contributed by atoms with Crippen LogP contribution in [0.5, 0.6) is 0 Å². The first-order valence-electron chi connectivity index (χ1n) is 8.82. The van der Waals surface area contributed by atoms with E-state index in [1.165, 1.54) is 0 Å². The summed E-state index contributed by atoms with van der Waals surface area (Å²) in [6.45, 7) is 10.9. The van der Waals surface area contributed by atoms with Crippen LogP contribution in [0.3, 0.4) is 0 Å².